The molecule has 0 radical (unpaired) electrons. The first-order valence-electron chi connectivity index (χ1n) is 9.63. The lowest BCUT2D eigenvalue weighted by Crippen LogP contribution is -2.25. The van der Waals surface area contributed by atoms with Crippen LogP contribution < -0.4 is 20.1 Å². The second-order valence-electron chi connectivity index (χ2n) is 6.66. The summed E-state index contributed by atoms with van der Waals surface area (Å²) in [5, 5.41) is 5.67. The molecule has 0 saturated heterocycles. The third-order valence-corrected chi connectivity index (χ3v) is 4.58. The fourth-order valence-electron chi connectivity index (χ4n) is 3.14. The Morgan fingerprint density at radius 2 is 1.93 bits per heavy atom. The zero-order valence-electron chi connectivity index (χ0n) is 16.1. The molecule has 0 bridgehead atoms. The van der Waals surface area contributed by atoms with Crippen molar-refractivity contribution in [2.45, 2.75) is 19.8 Å². The summed E-state index contributed by atoms with van der Waals surface area (Å²) in [6.45, 7) is 3.59. The maximum atomic E-state index is 12.9. The van der Waals surface area contributed by atoms with Gasteiger partial charge in [0, 0.05) is 24.5 Å². The smallest absolute Gasteiger partial charge is 0.292 e. The molecular formula is C21H22N4O4. The van der Waals surface area contributed by atoms with Gasteiger partial charge in [0.05, 0.1) is 5.52 Å². The van der Waals surface area contributed by atoms with Gasteiger partial charge in [0.1, 0.15) is 13.2 Å². The normalized spacial score (nSPS) is 12.6. The van der Waals surface area contributed by atoms with E-state index >= 15 is 0 Å². The monoisotopic (exact) mass is 394 g/mol. The van der Waals surface area contributed by atoms with Crippen LogP contribution in [-0.4, -0.2) is 41.0 Å². The standard InChI is InChI=1S/C21H22N4O4/c1-2-3-9-22-20(26)18-15-6-4-5-10-25(15)19(24-18)21(27)23-14-7-8-16-17(13-14)29-12-11-28-16/h4-8,10,13H,2-3,9,11-12H2,1H3,(H,22,26)(H,23,27). The van der Waals surface area contributed by atoms with Crippen molar-refractivity contribution in [3.05, 3.63) is 54.1 Å². The highest BCUT2D eigenvalue weighted by Gasteiger charge is 2.22. The van der Waals surface area contributed by atoms with Gasteiger partial charge in [-0.1, -0.05) is 19.4 Å². The molecule has 4 rings (SSSR count). The second-order valence-corrected chi connectivity index (χ2v) is 6.66. The van der Waals surface area contributed by atoms with Crippen LogP contribution in [0.4, 0.5) is 5.69 Å². The first kappa shape index (κ1) is 18.8. The number of pyridine rings is 1. The minimum atomic E-state index is -0.421. The fraction of sp³-hybridized carbons (Fsp3) is 0.286. The first-order chi connectivity index (χ1) is 14.2. The van der Waals surface area contributed by atoms with E-state index in [4.69, 9.17) is 9.47 Å². The Kier molecular flexibility index (Phi) is 5.33. The van der Waals surface area contributed by atoms with E-state index in [1.807, 2.05) is 6.07 Å². The summed E-state index contributed by atoms with van der Waals surface area (Å²) in [6, 6.07) is 10.6. The lowest BCUT2D eigenvalue weighted by Gasteiger charge is -2.18. The molecule has 29 heavy (non-hydrogen) atoms. The Hall–Kier alpha value is -3.55. The van der Waals surface area contributed by atoms with Crippen LogP contribution in [0.2, 0.25) is 0 Å². The van der Waals surface area contributed by atoms with Crippen molar-refractivity contribution < 1.29 is 19.1 Å². The molecule has 2 aromatic heterocycles. The zero-order valence-corrected chi connectivity index (χ0v) is 16.1. The number of nitrogens with one attached hydrogen (secondary N) is 2. The zero-order chi connectivity index (χ0) is 20.2. The Morgan fingerprint density at radius 1 is 1.10 bits per heavy atom. The lowest BCUT2D eigenvalue weighted by molar-refractivity contribution is 0.0950. The van der Waals surface area contributed by atoms with Crippen molar-refractivity contribution in [2.24, 2.45) is 0 Å². The number of rotatable bonds is 6. The van der Waals surface area contributed by atoms with Crippen molar-refractivity contribution >= 4 is 23.0 Å². The molecule has 2 amide bonds. The van der Waals surface area contributed by atoms with Crippen molar-refractivity contribution in [1.82, 2.24) is 14.7 Å². The highest BCUT2D eigenvalue weighted by atomic mass is 16.6. The van der Waals surface area contributed by atoms with Crippen LogP contribution >= 0.6 is 0 Å². The van der Waals surface area contributed by atoms with E-state index in [-0.39, 0.29) is 17.4 Å². The van der Waals surface area contributed by atoms with Gasteiger partial charge in [0.15, 0.2) is 17.2 Å². The van der Waals surface area contributed by atoms with Gasteiger partial charge >= 0.3 is 0 Å². The van der Waals surface area contributed by atoms with Crippen LogP contribution in [0, 0.1) is 0 Å². The van der Waals surface area contributed by atoms with Crippen LogP contribution in [-0.2, 0) is 0 Å². The summed E-state index contributed by atoms with van der Waals surface area (Å²) >= 11 is 0. The quantitative estimate of drug-likeness (QED) is 0.627. The maximum Gasteiger partial charge on any atom is 0.292 e. The highest BCUT2D eigenvalue weighted by Crippen LogP contribution is 2.32. The van der Waals surface area contributed by atoms with E-state index in [0.717, 1.165) is 12.8 Å². The van der Waals surface area contributed by atoms with Crippen molar-refractivity contribution in [3.63, 3.8) is 0 Å². The van der Waals surface area contributed by atoms with Gasteiger partial charge in [-0.3, -0.25) is 14.0 Å². The van der Waals surface area contributed by atoms with Gasteiger partial charge in [-0.25, -0.2) is 4.98 Å². The van der Waals surface area contributed by atoms with Gasteiger partial charge in [0.25, 0.3) is 11.8 Å². The molecule has 3 aromatic rings. The fourth-order valence-corrected chi connectivity index (χ4v) is 3.14. The third kappa shape index (κ3) is 3.87. The van der Waals surface area contributed by atoms with Crippen molar-refractivity contribution in [2.75, 3.05) is 25.1 Å². The van der Waals surface area contributed by atoms with Crippen LogP contribution in [0.25, 0.3) is 5.52 Å². The summed E-state index contributed by atoms with van der Waals surface area (Å²) in [5.41, 5.74) is 1.36. The lowest BCUT2D eigenvalue weighted by atomic mass is 10.2. The van der Waals surface area contributed by atoms with E-state index < -0.39 is 5.91 Å². The average molecular weight is 394 g/mol. The van der Waals surface area contributed by atoms with Gasteiger partial charge in [0.2, 0.25) is 5.82 Å². The van der Waals surface area contributed by atoms with Crippen LogP contribution in [0.15, 0.2) is 42.6 Å². The predicted octanol–water partition coefficient (Wildman–Crippen LogP) is 2.89. The van der Waals surface area contributed by atoms with E-state index in [1.165, 1.54) is 0 Å². The molecule has 1 aliphatic rings. The molecule has 2 N–H and O–H groups in total. The largest absolute Gasteiger partial charge is 0.486 e. The SMILES string of the molecule is CCCCNC(=O)c1nc(C(=O)Nc2ccc3c(c2)OCCO3)n2ccccc12. The van der Waals surface area contributed by atoms with Crippen molar-refractivity contribution in [3.8, 4) is 11.5 Å². The molecule has 0 fully saturated rings. The molecule has 3 heterocycles. The number of carbonyl (C=O) groups excluding carboxylic acids is 2. The Bertz CT molecular complexity index is 1060. The number of imidazole rings is 1. The molecule has 0 saturated carbocycles. The number of hydrogen-bond donors (Lipinski definition) is 2. The summed E-state index contributed by atoms with van der Waals surface area (Å²) in [5.74, 6) is 0.650. The van der Waals surface area contributed by atoms with Gasteiger partial charge in [-0.15, -0.1) is 0 Å². The van der Waals surface area contributed by atoms with E-state index in [0.29, 0.717) is 42.5 Å². The molecular weight excluding hydrogens is 372 g/mol. The van der Waals surface area contributed by atoms with Gasteiger partial charge in [-0.05, 0) is 30.7 Å². The molecule has 150 valence electrons. The van der Waals surface area contributed by atoms with Crippen LogP contribution in [0.1, 0.15) is 40.9 Å². The van der Waals surface area contributed by atoms with Gasteiger partial charge < -0.3 is 20.1 Å². The number of ether oxygens (including phenoxy) is 2. The minimum absolute atomic E-state index is 0.135. The molecule has 1 aliphatic heterocycles. The summed E-state index contributed by atoms with van der Waals surface area (Å²) in [7, 11) is 0. The van der Waals surface area contributed by atoms with Crippen LogP contribution in [0.5, 0.6) is 11.5 Å². The summed E-state index contributed by atoms with van der Waals surface area (Å²) in [6.07, 6.45) is 3.58. The summed E-state index contributed by atoms with van der Waals surface area (Å²) < 4.78 is 12.7. The Morgan fingerprint density at radius 3 is 2.76 bits per heavy atom. The Labute approximate surface area is 167 Å². The predicted molar refractivity (Wildman–Crippen MR) is 108 cm³/mol. The van der Waals surface area contributed by atoms with E-state index in [9.17, 15) is 9.59 Å². The first-order valence-corrected chi connectivity index (χ1v) is 9.63. The molecule has 8 nitrogen and oxygen atoms in total. The number of anilines is 1. The topological polar surface area (TPSA) is 94.0 Å². The highest BCUT2D eigenvalue weighted by molar-refractivity contribution is 6.06. The molecule has 0 aliphatic carbocycles. The molecule has 1 aromatic carbocycles. The molecule has 8 heteroatoms. The second kappa shape index (κ2) is 8.22. The number of aromatic nitrogens is 2. The molecule has 0 atom stereocenters. The summed E-state index contributed by atoms with van der Waals surface area (Å²) in [4.78, 5) is 29.8. The molecule has 0 unspecified atom stereocenters. The average Bonchev–Trinajstić information content (AvgIpc) is 3.14. The van der Waals surface area contributed by atoms with E-state index in [2.05, 4.69) is 22.5 Å². The molecule has 0 spiro atoms. The number of nitrogens with zero attached hydrogens (tertiary/aromatic N) is 2. The number of amides is 2. The van der Waals surface area contributed by atoms with Crippen molar-refractivity contribution in [1.29, 1.82) is 0 Å². The minimum Gasteiger partial charge on any atom is -0.486 e. The number of unbranched alkanes of at least 4 members (excludes halogenated alkanes) is 1. The van der Waals surface area contributed by atoms with E-state index in [1.54, 1.807) is 40.9 Å². The van der Waals surface area contributed by atoms with Crippen LogP contribution in [0.3, 0.4) is 0 Å². The number of hydrogen-bond acceptors (Lipinski definition) is 5. The number of benzene rings is 1. The Balaban J connectivity index is 1.60. The number of carbonyl (C=O) groups is 2. The maximum absolute atomic E-state index is 12.9. The number of fused-ring (bicyclic) bond motifs is 2. The van der Waals surface area contributed by atoms with Gasteiger partial charge in [-0.2, -0.15) is 0 Å². The third-order valence-electron chi connectivity index (χ3n) is 4.58.